The fourth-order valence-corrected chi connectivity index (χ4v) is 1.46. The van der Waals surface area contributed by atoms with Gasteiger partial charge in [0.25, 0.3) is 0 Å². The average molecular weight is 292 g/mol. The fourth-order valence-electron chi connectivity index (χ4n) is 1.03. The fraction of sp³-hybridized carbons (Fsp3) is 0.400. The first kappa shape index (κ1) is 12.5. The van der Waals surface area contributed by atoms with Crippen molar-refractivity contribution in [1.82, 2.24) is 10.3 Å². The lowest BCUT2D eigenvalue weighted by Crippen LogP contribution is -2.33. The van der Waals surface area contributed by atoms with E-state index in [4.69, 9.17) is 11.6 Å². The van der Waals surface area contributed by atoms with Crippen molar-refractivity contribution >= 4 is 33.4 Å². The van der Waals surface area contributed by atoms with Gasteiger partial charge in [0, 0.05) is 16.7 Å². The number of alkyl halides is 1. The molecule has 0 saturated heterocycles. The number of hydrogen-bond acceptors (Lipinski definition) is 2. The Kier molecular flexibility index (Phi) is 4.54. The van der Waals surface area contributed by atoms with Crippen LogP contribution in [0.4, 0.5) is 0 Å². The van der Waals surface area contributed by atoms with Gasteiger partial charge in [-0.2, -0.15) is 0 Å². The van der Waals surface area contributed by atoms with Crippen molar-refractivity contribution in [1.29, 1.82) is 0 Å². The van der Waals surface area contributed by atoms with Crippen molar-refractivity contribution in [3.05, 3.63) is 28.5 Å². The summed E-state index contributed by atoms with van der Waals surface area (Å²) < 4.78 is 0.861. The topological polar surface area (TPSA) is 42.0 Å². The van der Waals surface area contributed by atoms with Gasteiger partial charge in [-0.3, -0.25) is 9.78 Å². The van der Waals surface area contributed by atoms with E-state index in [0.29, 0.717) is 5.69 Å². The van der Waals surface area contributed by atoms with E-state index in [1.165, 1.54) is 0 Å². The molecule has 0 spiro atoms. The number of pyridine rings is 1. The van der Waals surface area contributed by atoms with Crippen molar-refractivity contribution in [2.45, 2.75) is 25.3 Å². The van der Waals surface area contributed by atoms with Gasteiger partial charge in [0.1, 0.15) is 0 Å². The van der Waals surface area contributed by atoms with Gasteiger partial charge < -0.3 is 5.32 Å². The van der Waals surface area contributed by atoms with E-state index in [0.717, 1.165) is 4.47 Å². The van der Waals surface area contributed by atoms with Crippen LogP contribution in [0.5, 0.6) is 0 Å². The van der Waals surface area contributed by atoms with Crippen LogP contribution in [0.25, 0.3) is 0 Å². The Morgan fingerprint density at radius 3 is 2.67 bits per heavy atom. The Morgan fingerprint density at radius 1 is 1.53 bits per heavy atom. The molecule has 1 aromatic rings. The molecule has 1 amide bonds. The second kappa shape index (κ2) is 5.47. The Balaban J connectivity index is 2.71. The molecule has 0 saturated carbocycles. The Morgan fingerprint density at radius 2 is 2.20 bits per heavy atom. The van der Waals surface area contributed by atoms with Crippen molar-refractivity contribution in [2.24, 2.45) is 0 Å². The molecular formula is C10H12BrClN2O. The van der Waals surface area contributed by atoms with Crippen LogP contribution in [0.3, 0.4) is 0 Å². The van der Waals surface area contributed by atoms with Crippen LogP contribution in [-0.4, -0.2) is 16.9 Å². The summed E-state index contributed by atoms with van der Waals surface area (Å²) in [5, 5.41) is 2.00. The third-order valence-corrected chi connectivity index (χ3v) is 2.56. The predicted octanol–water partition coefficient (Wildman–Crippen LogP) is 2.65. The molecule has 0 aromatic carbocycles. The van der Waals surface area contributed by atoms with Crippen LogP contribution in [0, 0.1) is 0 Å². The average Bonchev–Trinajstić information content (AvgIpc) is 2.17. The summed E-state index contributed by atoms with van der Waals surface area (Å²) in [5.74, 6) is -0.221. The number of nitrogens with one attached hydrogen (secondary N) is 1. The molecule has 1 atom stereocenters. The van der Waals surface area contributed by atoms with Crippen LogP contribution < -0.4 is 5.32 Å². The molecule has 0 aliphatic rings. The van der Waals surface area contributed by atoms with Crippen molar-refractivity contribution in [2.75, 3.05) is 0 Å². The highest BCUT2D eigenvalue weighted by molar-refractivity contribution is 9.10. The maximum absolute atomic E-state index is 11.5. The molecule has 0 bridgehead atoms. The van der Waals surface area contributed by atoms with E-state index >= 15 is 0 Å². The number of aromatic nitrogens is 1. The molecule has 5 heteroatoms. The monoisotopic (exact) mass is 290 g/mol. The van der Waals surface area contributed by atoms with Crippen LogP contribution in [0.2, 0.25) is 0 Å². The van der Waals surface area contributed by atoms with Gasteiger partial charge in [0.05, 0.1) is 5.69 Å². The van der Waals surface area contributed by atoms with Crippen LogP contribution >= 0.6 is 27.5 Å². The van der Waals surface area contributed by atoms with Gasteiger partial charge in [-0.15, -0.1) is 11.6 Å². The SMILES string of the molecule is CC(C)NC(=O)C(Cl)c1ccc(Br)cn1. The third-order valence-electron chi connectivity index (χ3n) is 1.67. The number of carbonyl (C=O) groups excluding carboxylic acids is 1. The van der Waals surface area contributed by atoms with Crippen LogP contribution in [-0.2, 0) is 4.79 Å². The Bertz CT molecular complexity index is 340. The first-order valence-electron chi connectivity index (χ1n) is 4.56. The molecule has 1 aromatic heterocycles. The summed E-state index contributed by atoms with van der Waals surface area (Å²) in [6.45, 7) is 3.77. The number of halogens is 2. The van der Waals surface area contributed by atoms with E-state index in [-0.39, 0.29) is 11.9 Å². The van der Waals surface area contributed by atoms with Gasteiger partial charge >= 0.3 is 0 Å². The zero-order valence-corrected chi connectivity index (χ0v) is 10.8. The molecule has 0 aliphatic carbocycles. The van der Waals surface area contributed by atoms with Crippen molar-refractivity contribution < 1.29 is 4.79 Å². The second-order valence-electron chi connectivity index (χ2n) is 3.43. The molecule has 0 fully saturated rings. The van der Waals surface area contributed by atoms with Gasteiger partial charge in [0.2, 0.25) is 5.91 Å². The van der Waals surface area contributed by atoms with E-state index in [2.05, 4.69) is 26.2 Å². The molecule has 0 aliphatic heterocycles. The molecule has 15 heavy (non-hydrogen) atoms. The van der Waals surface area contributed by atoms with Crippen molar-refractivity contribution in [3.63, 3.8) is 0 Å². The largest absolute Gasteiger partial charge is 0.352 e. The lowest BCUT2D eigenvalue weighted by Gasteiger charge is -2.12. The number of amides is 1. The molecule has 1 N–H and O–H groups in total. The Labute approximate surface area is 102 Å². The molecule has 1 heterocycles. The molecule has 1 unspecified atom stereocenters. The maximum atomic E-state index is 11.5. The van der Waals surface area contributed by atoms with E-state index < -0.39 is 5.38 Å². The summed E-state index contributed by atoms with van der Waals surface area (Å²) in [6, 6.07) is 3.61. The summed E-state index contributed by atoms with van der Waals surface area (Å²) in [5.41, 5.74) is 0.554. The Hall–Kier alpha value is -0.610. The second-order valence-corrected chi connectivity index (χ2v) is 4.78. The number of nitrogens with zero attached hydrogens (tertiary/aromatic N) is 1. The molecule has 0 radical (unpaired) electrons. The lowest BCUT2D eigenvalue weighted by molar-refractivity contribution is -0.121. The predicted molar refractivity (Wildman–Crippen MR) is 63.8 cm³/mol. The molecule has 82 valence electrons. The summed E-state index contributed by atoms with van der Waals surface area (Å²) >= 11 is 9.23. The smallest absolute Gasteiger partial charge is 0.244 e. The molecule has 3 nitrogen and oxygen atoms in total. The van der Waals surface area contributed by atoms with Crippen molar-refractivity contribution in [3.8, 4) is 0 Å². The highest BCUT2D eigenvalue weighted by Crippen LogP contribution is 2.19. The van der Waals surface area contributed by atoms with E-state index in [1.54, 1.807) is 18.3 Å². The summed E-state index contributed by atoms with van der Waals surface area (Å²) in [6.07, 6.45) is 1.62. The summed E-state index contributed by atoms with van der Waals surface area (Å²) in [7, 11) is 0. The zero-order chi connectivity index (χ0) is 11.4. The van der Waals surface area contributed by atoms with Gasteiger partial charge in [0.15, 0.2) is 5.38 Å². The molecule has 1 rings (SSSR count). The van der Waals surface area contributed by atoms with Gasteiger partial charge in [-0.1, -0.05) is 0 Å². The van der Waals surface area contributed by atoms with Gasteiger partial charge in [-0.25, -0.2) is 0 Å². The zero-order valence-electron chi connectivity index (χ0n) is 8.50. The minimum atomic E-state index is -0.736. The number of rotatable bonds is 3. The summed E-state index contributed by atoms with van der Waals surface area (Å²) in [4.78, 5) is 15.6. The third kappa shape index (κ3) is 3.80. The number of hydrogen-bond donors (Lipinski definition) is 1. The van der Waals surface area contributed by atoms with E-state index in [9.17, 15) is 4.79 Å². The van der Waals surface area contributed by atoms with E-state index in [1.807, 2.05) is 13.8 Å². The first-order valence-corrected chi connectivity index (χ1v) is 5.79. The minimum Gasteiger partial charge on any atom is -0.352 e. The maximum Gasteiger partial charge on any atom is 0.244 e. The number of carbonyl (C=O) groups is 1. The van der Waals surface area contributed by atoms with Crippen LogP contribution in [0.15, 0.2) is 22.8 Å². The highest BCUT2D eigenvalue weighted by Gasteiger charge is 2.19. The van der Waals surface area contributed by atoms with Crippen LogP contribution in [0.1, 0.15) is 24.9 Å². The quantitative estimate of drug-likeness (QED) is 0.870. The lowest BCUT2D eigenvalue weighted by atomic mass is 10.2. The minimum absolute atomic E-state index is 0.0780. The first-order chi connectivity index (χ1) is 7.00. The molecular weight excluding hydrogens is 279 g/mol. The standard InChI is InChI=1S/C10H12BrClN2O/c1-6(2)14-10(15)9(12)8-4-3-7(11)5-13-8/h3-6,9H,1-2H3,(H,14,15). The highest BCUT2D eigenvalue weighted by atomic mass is 79.9. The van der Waals surface area contributed by atoms with Gasteiger partial charge in [-0.05, 0) is 41.9 Å². The normalized spacial score (nSPS) is 12.6.